The van der Waals surface area contributed by atoms with Crippen molar-refractivity contribution in [3.05, 3.63) is 55.1 Å². The fourth-order valence-corrected chi connectivity index (χ4v) is 5.40. The number of ketones is 1. The van der Waals surface area contributed by atoms with Crippen LogP contribution >= 0.6 is 39.0 Å². The van der Waals surface area contributed by atoms with Crippen molar-refractivity contribution < 1.29 is 4.79 Å². The summed E-state index contributed by atoms with van der Waals surface area (Å²) in [5.41, 5.74) is 1.76. The molecule has 128 valence electrons. The Bertz CT molecular complexity index is 1010. The first-order valence-electron chi connectivity index (χ1n) is 8.08. The second-order valence-electron chi connectivity index (χ2n) is 5.98. The highest BCUT2D eigenvalue weighted by Crippen LogP contribution is 2.34. The molecule has 0 spiro atoms. The van der Waals surface area contributed by atoms with Crippen LogP contribution in [0.3, 0.4) is 0 Å². The highest BCUT2D eigenvalue weighted by molar-refractivity contribution is 9.10. The molecule has 1 aliphatic carbocycles. The maximum Gasteiger partial charge on any atom is 0.260 e. The van der Waals surface area contributed by atoms with Crippen molar-refractivity contribution in [1.82, 2.24) is 9.97 Å². The van der Waals surface area contributed by atoms with Crippen LogP contribution in [-0.4, -0.2) is 21.5 Å². The van der Waals surface area contributed by atoms with E-state index < -0.39 is 0 Å². The van der Waals surface area contributed by atoms with E-state index in [1.807, 2.05) is 12.1 Å². The molecule has 1 aliphatic rings. The van der Waals surface area contributed by atoms with Gasteiger partial charge in [0.2, 0.25) is 0 Å². The predicted molar refractivity (Wildman–Crippen MR) is 106 cm³/mol. The minimum atomic E-state index is -0.0806. The van der Waals surface area contributed by atoms with Crippen molar-refractivity contribution in [3.63, 3.8) is 0 Å². The molecule has 7 heteroatoms. The standard InChI is InChI=1S/C18H15BrN2O2S2/c19-11-7-5-10(6-8-11)13(22)9-24-18-20-16(23)15-12-3-1-2-4-14(12)25-17(15)21-18/h5-8H,1-4,9H2,(H,20,21,23). The maximum absolute atomic E-state index is 12.5. The number of fused-ring (bicyclic) bond motifs is 3. The highest BCUT2D eigenvalue weighted by Gasteiger charge is 2.20. The van der Waals surface area contributed by atoms with Gasteiger partial charge in [-0.3, -0.25) is 9.59 Å². The Balaban J connectivity index is 1.57. The number of rotatable bonds is 4. The smallest absolute Gasteiger partial charge is 0.260 e. The molecule has 3 aromatic rings. The van der Waals surface area contributed by atoms with E-state index in [-0.39, 0.29) is 17.1 Å². The van der Waals surface area contributed by atoms with Crippen LogP contribution in [0.15, 0.2) is 38.7 Å². The SMILES string of the molecule is O=C(CSc1nc2sc3c(c2c(=O)[nH]1)CCCC3)c1ccc(Br)cc1. The van der Waals surface area contributed by atoms with Gasteiger partial charge >= 0.3 is 0 Å². The van der Waals surface area contributed by atoms with Crippen LogP contribution in [0.1, 0.15) is 33.6 Å². The molecule has 25 heavy (non-hydrogen) atoms. The highest BCUT2D eigenvalue weighted by atomic mass is 79.9. The Labute approximate surface area is 161 Å². The van der Waals surface area contributed by atoms with Crippen LogP contribution in [-0.2, 0) is 12.8 Å². The Hall–Kier alpha value is -1.44. The fraction of sp³-hybridized carbons (Fsp3) is 0.278. The number of hydrogen-bond acceptors (Lipinski definition) is 5. The molecule has 0 aliphatic heterocycles. The van der Waals surface area contributed by atoms with E-state index in [2.05, 4.69) is 25.9 Å². The van der Waals surface area contributed by atoms with E-state index >= 15 is 0 Å². The molecule has 1 N–H and O–H groups in total. The number of nitrogens with zero attached hydrogens (tertiary/aromatic N) is 1. The number of carbonyl (C=O) groups is 1. The molecule has 0 atom stereocenters. The first-order chi connectivity index (χ1) is 12.1. The van der Waals surface area contributed by atoms with Crippen LogP contribution < -0.4 is 5.56 Å². The summed E-state index contributed by atoms with van der Waals surface area (Å²) >= 11 is 6.27. The fourth-order valence-electron chi connectivity index (χ4n) is 3.07. The molecule has 0 radical (unpaired) electrons. The number of aromatic nitrogens is 2. The van der Waals surface area contributed by atoms with E-state index in [4.69, 9.17) is 0 Å². The molecule has 0 amide bonds. The van der Waals surface area contributed by atoms with Gasteiger partial charge < -0.3 is 4.98 Å². The van der Waals surface area contributed by atoms with Gasteiger partial charge in [-0.1, -0.05) is 39.8 Å². The van der Waals surface area contributed by atoms with Crippen molar-refractivity contribution in [1.29, 1.82) is 0 Å². The molecule has 2 aromatic heterocycles. The Morgan fingerprint density at radius 2 is 2.00 bits per heavy atom. The summed E-state index contributed by atoms with van der Waals surface area (Å²) < 4.78 is 0.940. The summed E-state index contributed by atoms with van der Waals surface area (Å²) in [7, 11) is 0. The quantitative estimate of drug-likeness (QED) is 0.370. The lowest BCUT2D eigenvalue weighted by Crippen LogP contribution is -2.11. The van der Waals surface area contributed by atoms with E-state index in [1.165, 1.54) is 28.6 Å². The van der Waals surface area contributed by atoms with Crippen LogP contribution in [0.2, 0.25) is 0 Å². The van der Waals surface area contributed by atoms with Gasteiger partial charge in [0.05, 0.1) is 11.1 Å². The maximum atomic E-state index is 12.5. The minimum Gasteiger partial charge on any atom is -0.301 e. The van der Waals surface area contributed by atoms with E-state index in [0.29, 0.717) is 10.7 Å². The molecular weight excluding hydrogens is 420 g/mol. The van der Waals surface area contributed by atoms with Gasteiger partial charge in [0.1, 0.15) is 4.83 Å². The number of halogens is 1. The lowest BCUT2D eigenvalue weighted by atomic mass is 9.97. The molecule has 4 rings (SSSR count). The van der Waals surface area contributed by atoms with Gasteiger partial charge in [0.15, 0.2) is 10.9 Å². The van der Waals surface area contributed by atoms with Crippen LogP contribution in [0.4, 0.5) is 0 Å². The lowest BCUT2D eigenvalue weighted by molar-refractivity contribution is 0.102. The first kappa shape index (κ1) is 17.0. The van der Waals surface area contributed by atoms with E-state index in [0.717, 1.165) is 34.0 Å². The molecule has 0 unspecified atom stereocenters. The largest absolute Gasteiger partial charge is 0.301 e. The number of aryl methyl sites for hydroxylation is 2. The average molecular weight is 435 g/mol. The second-order valence-corrected chi connectivity index (χ2v) is 8.94. The number of H-pyrrole nitrogens is 1. The Morgan fingerprint density at radius 1 is 1.24 bits per heavy atom. The molecule has 1 aromatic carbocycles. The topological polar surface area (TPSA) is 62.8 Å². The monoisotopic (exact) mass is 434 g/mol. The number of Topliss-reactive ketones (excluding diaryl/α,β-unsaturated/α-hetero) is 1. The third-order valence-corrected chi connectivity index (χ3v) is 6.90. The third kappa shape index (κ3) is 3.45. The van der Waals surface area contributed by atoms with Crippen LogP contribution in [0, 0.1) is 0 Å². The number of nitrogens with one attached hydrogen (secondary N) is 1. The van der Waals surface area contributed by atoms with Gasteiger partial charge in [0, 0.05) is 14.9 Å². The zero-order valence-corrected chi connectivity index (χ0v) is 16.5. The Morgan fingerprint density at radius 3 is 2.80 bits per heavy atom. The zero-order chi connectivity index (χ0) is 17.4. The average Bonchev–Trinajstić information content (AvgIpc) is 2.99. The van der Waals surface area contributed by atoms with E-state index in [9.17, 15) is 9.59 Å². The third-order valence-electron chi connectivity index (χ3n) is 4.31. The van der Waals surface area contributed by atoms with E-state index in [1.54, 1.807) is 23.5 Å². The summed E-state index contributed by atoms with van der Waals surface area (Å²) in [5, 5.41) is 1.27. The van der Waals surface area contributed by atoms with Crippen molar-refractivity contribution in [2.24, 2.45) is 0 Å². The van der Waals surface area contributed by atoms with Gasteiger partial charge in [0.25, 0.3) is 5.56 Å². The van der Waals surface area contributed by atoms with Gasteiger partial charge in [-0.15, -0.1) is 11.3 Å². The summed E-state index contributed by atoms with van der Waals surface area (Å²) in [6, 6.07) is 7.28. The molecular formula is C18H15BrN2O2S2. The number of carbonyl (C=O) groups excluding carboxylic acids is 1. The number of thioether (sulfide) groups is 1. The second kappa shape index (κ2) is 7.05. The van der Waals surface area contributed by atoms with Crippen molar-refractivity contribution in [3.8, 4) is 0 Å². The molecule has 0 bridgehead atoms. The summed E-state index contributed by atoms with van der Waals surface area (Å²) in [4.78, 5) is 34.3. The Kier molecular flexibility index (Phi) is 4.80. The zero-order valence-electron chi connectivity index (χ0n) is 13.3. The first-order valence-corrected chi connectivity index (χ1v) is 10.7. The van der Waals surface area contributed by atoms with Crippen LogP contribution in [0.25, 0.3) is 10.2 Å². The summed E-state index contributed by atoms with van der Waals surface area (Å²) in [5.74, 6) is 0.270. The number of thiophene rings is 1. The number of hydrogen-bond donors (Lipinski definition) is 1. The van der Waals surface area contributed by atoms with Gasteiger partial charge in [-0.25, -0.2) is 4.98 Å². The lowest BCUT2D eigenvalue weighted by Gasteiger charge is -2.09. The minimum absolute atomic E-state index is 0.0192. The normalized spacial score (nSPS) is 13.8. The molecule has 0 fully saturated rings. The van der Waals surface area contributed by atoms with Gasteiger partial charge in [-0.2, -0.15) is 0 Å². The van der Waals surface area contributed by atoms with Crippen LogP contribution in [0.5, 0.6) is 0 Å². The predicted octanol–water partition coefficient (Wildman–Crippen LogP) is 4.60. The number of benzene rings is 1. The van der Waals surface area contributed by atoms with Gasteiger partial charge in [-0.05, 0) is 43.4 Å². The summed E-state index contributed by atoms with van der Waals surface area (Å²) in [6.45, 7) is 0. The van der Waals surface area contributed by atoms with Crippen molar-refractivity contribution in [2.45, 2.75) is 30.8 Å². The summed E-state index contributed by atoms with van der Waals surface area (Å²) in [6.07, 6.45) is 4.33. The molecule has 2 heterocycles. The van der Waals surface area contributed by atoms with Crippen molar-refractivity contribution in [2.75, 3.05) is 5.75 Å². The molecule has 4 nitrogen and oxygen atoms in total. The molecule has 0 saturated carbocycles. The molecule has 0 saturated heterocycles. The number of aromatic amines is 1. The van der Waals surface area contributed by atoms with Crippen molar-refractivity contribution >= 4 is 55.0 Å².